The van der Waals surface area contributed by atoms with E-state index in [9.17, 15) is 0 Å². The quantitative estimate of drug-likeness (QED) is 0.676. The maximum absolute atomic E-state index is 2.27. The van der Waals surface area contributed by atoms with Crippen LogP contribution in [0.1, 0.15) is 37.8 Å². The van der Waals surface area contributed by atoms with Crippen molar-refractivity contribution < 1.29 is 0 Å². The summed E-state index contributed by atoms with van der Waals surface area (Å²) in [4.78, 5) is 0. The Balaban J connectivity index is 2.75. The summed E-state index contributed by atoms with van der Waals surface area (Å²) in [6.45, 7) is 6.75. The van der Waals surface area contributed by atoms with Crippen molar-refractivity contribution in [2.45, 2.75) is 33.1 Å². The first-order valence-electron chi connectivity index (χ1n) is 5.32. The van der Waals surface area contributed by atoms with Gasteiger partial charge in [0.05, 0.1) is 0 Å². The van der Waals surface area contributed by atoms with Crippen LogP contribution >= 0.6 is 0 Å². The van der Waals surface area contributed by atoms with Gasteiger partial charge in [0.15, 0.2) is 0 Å². The van der Waals surface area contributed by atoms with Crippen LogP contribution in [-0.2, 0) is 6.42 Å². The smallest absolute Gasteiger partial charge is 0.0487 e. The fraction of sp³-hybridized carbons (Fsp3) is 0.385. The number of aromatic nitrogens is 1. The minimum Gasteiger partial charge on any atom is -0.324 e. The summed E-state index contributed by atoms with van der Waals surface area (Å²) in [5, 5.41) is 0. The first-order valence-corrected chi connectivity index (χ1v) is 5.32. The van der Waals surface area contributed by atoms with E-state index >= 15 is 0 Å². The molecule has 1 heteroatoms. The zero-order valence-corrected chi connectivity index (χ0v) is 9.12. The van der Waals surface area contributed by atoms with Crippen molar-refractivity contribution in [1.82, 2.24) is 4.40 Å². The van der Waals surface area contributed by atoms with Crippen molar-refractivity contribution >= 4 is 5.52 Å². The monoisotopic (exact) mass is 187 g/mol. The Bertz CT molecular complexity index is 437. The lowest BCUT2D eigenvalue weighted by atomic mass is 9.96. The number of nitrogens with zero attached hydrogens (tertiary/aromatic N) is 1. The molecular weight excluding hydrogens is 170 g/mol. The average molecular weight is 187 g/mol. The highest BCUT2D eigenvalue weighted by Gasteiger charge is 2.09. The van der Waals surface area contributed by atoms with Crippen molar-refractivity contribution in [2.75, 3.05) is 0 Å². The molecule has 2 aromatic heterocycles. The van der Waals surface area contributed by atoms with Crippen LogP contribution in [0.15, 0.2) is 30.6 Å². The normalized spacial score (nSPS) is 11.4. The largest absolute Gasteiger partial charge is 0.324 e. The molecule has 0 unspecified atom stereocenters. The van der Waals surface area contributed by atoms with E-state index < -0.39 is 0 Å². The van der Waals surface area contributed by atoms with Gasteiger partial charge in [-0.3, -0.25) is 0 Å². The number of fused-ring (bicyclic) bond motifs is 1. The van der Waals surface area contributed by atoms with Crippen molar-refractivity contribution in [2.24, 2.45) is 0 Å². The highest BCUT2D eigenvalue weighted by Crippen LogP contribution is 2.25. The lowest BCUT2D eigenvalue weighted by Gasteiger charge is -2.13. The topological polar surface area (TPSA) is 4.41 Å². The average Bonchev–Trinajstić information content (AvgIpc) is 2.62. The Morgan fingerprint density at radius 3 is 2.64 bits per heavy atom. The van der Waals surface area contributed by atoms with Gasteiger partial charge in [-0.25, -0.2) is 0 Å². The van der Waals surface area contributed by atoms with E-state index in [-0.39, 0.29) is 0 Å². The van der Waals surface area contributed by atoms with Gasteiger partial charge in [-0.15, -0.1) is 0 Å². The molecule has 0 radical (unpaired) electrons. The van der Waals surface area contributed by atoms with Crippen LogP contribution in [0.5, 0.6) is 0 Å². The highest BCUT2D eigenvalue weighted by molar-refractivity contribution is 5.59. The van der Waals surface area contributed by atoms with Gasteiger partial charge in [-0.1, -0.05) is 20.8 Å². The molecule has 74 valence electrons. The molecule has 0 aliphatic carbocycles. The predicted octanol–water partition coefficient (Wildman–Crippen LogP) is 3.63. The SMILES string of the molecule is CCc1ccn2cccc2c1C(C)C. The number of rotatable bonds is 2. The summed E-state index contributed by atoms with van der Waals surface area (Å²) >= 11 is 0. The zero-order chi connectivity index (χ0) is 10.1. The first kappa shape index (κ1) is 9.32. The van der Waals surface area contributed by atoms with Crippen LogP contribution < -0.4 is 0 Å². The third-order valence-electron chi connectivity index (χ3n) is 2.80. The van der Waals surface area contributed by atoms with Crippen molar-refractivity contribution in [3.05, 3.63) is 41.7 Å². The van der Waals surface area contributed by atoms with E-state index in [2.05, 4.69) is 55.8 Å². The third-order valence-corrected chi connectivity index (χ3v) is 2.80. The molecule has 0 N–H and O–H groups in total. The van der Waals surface area contributed by atoms with Gasteiger partial charge in [0.2, 0.25) is 0 Å². The Hall–Kier alpha value is -1.24. The standard InChI is InChI=1S/C13H17N/c1-4-11-7-9-14-8-5-6-12(14)13(11)10(2)3/h5-10H,4H2,1-3H3. The Kier molecular flexibility index (Phi) is 2.32. The van der Waals surface area contributed by atoms with Gasteiger partial charge in [0.25, 0.3) is 0 Å². The van der Waals surface area contributed by atoms with Crippen LogP contribution in [0.3, 0.4) is 0 Å². The van der Waals surface area contributed by atoms with Gasteiger partial charge in [-0.05, 0) is 41.7 Å². The summed E-state index contributed by atoms with van der Waals surface area (Å²) < 4.78 is 2.20. The Morgan fingerprint density at radius 1 is 1.21 bits per heavy atom. The second-order valence-corrected chi connectivity index (χ2v) is 4.06. The molecule has 2 aromatic rings. The predicted molar refractivity (Wildman–Crippen MR) is 60.9 cm³/mol. The summed E-state index contributed by atoms with van der Waals surface area (Å²) in [5.41, 5.74) is 4.34. The summed E-state index contributed by atoms with van der Waals surface area (Å²) in [5.74, 6) is 0.601. The minimum atomic E-state index is 0.601. The fourth-order valence-electron chi connectivity index (χ4n) is 2.15. The van der Waals surface area contributed by atoms with Crippen molar-refractivity contribution in [1.29, 1.82) is 0 Å². The van der Waals surface area contributed by atoms with Crippen LogP contribution in [0.25, 0.3) is 5.52 Å². The van der Waals surface area contributed by atoms with E-state index in [1.807, 2.05) is 0 Å². The third kappa shape index (κ3) is 1.33. The lowest BCUT2D eigenvalue weighted by molar-refractivity contribution is 0.844. The summed E-state index contributed by atoms with van der Waals surface area (Å²) in [6.07, 6.45) is 5.38. The second kappa shape index (κ2) is 3.49. The Morgan fingerprint density at radius 2 is 2.00 bits per heavy atom. The van der Waals surface area contributed by atoms with Crippen molar-refractivity contribution in [3.63, 3.8) is 0 Å². The molecule has 2 rings (SSSR count). The van der Waals surface area contributed by atoms with E-state index in [1.165, 1.54) is 16.6 Å². The number of pyridine rings is 1. The fourth-order valence-corrected chi connectivity index (χ4v) is 2.15. The molecule has 0 aliphatic heterocycles. The first-order chi connectivity index (χ1) is 6.74. The van der Waals surface area contributed by atoms with Crippen LogP contribution in [0.4, 0.5) is 0 Å². The maximum atomic E-state index is 2.27. The number of hydrogen-bond acceptors (Lipinski definition) is 0. The molecule has 0 amide bonds. The molecule has 0 atom stereocenters. The molecule has 2 heterocycles. The van der Waals surface area contributed by atoms with E-state index in [4.69, 9.17) is 0 Å². The second-order valence-electron chi connectivity index (χ2n) is 4.06. The summed E-state index contributed by atoms with van der Waals surface area (Å²) in [7, 11) is 0. The molecule has 0 saturated carbocycles. The van der Waals surface area contributed by atoms with Gasteiger partial charge < -0.3 is 4.40 Å². The Labute approximate surface area is 85.4 Å². The molecule has 0 saturated heterocycles. The maximum Gasteiger partial charge on any atom is 0.0487 e. The molecule has 1 nitrogen and oxygen atoms in total. The highest BCUT2D eigenvalue weighted by atomic mass is 14.8. The zero-order valence-electron chi connectivity index (χ0n) is 9.12. The molecular formula is C13H17N. The van der Waals surface area contributed by atoms with Gasteiger partial charge >= 0.3 is 0 Å². The number of aryl methyl sites for hydroxylation is 1. The number of hydrogen-bond donors (Lipinski definition) is 0. The molecule has 0 aliphatic rings. The molecule has 0 spiro atoms. The summed E-state index contributed by atoms with van der Waals surface area (Å²) in [6, 6.07) is 6.55. The van der Waals surface area contributed by atoms with Crippen LogP contribution in [0, 0.1) is 0 Å². The van der Waals surface area contributed by atoms with E-state index in [1.54, 1.807) is 0 Å². The van der Waals surface area contributed by atoms with Gasteiger partial charge in [0.1, 0.15) is 0 Å². The van der Waals surface area contributed by atoms with Crippen LogP contribution in [-0.4, -0.2) is 4.40 Å². The van der Waals surface area contributed by atoms with Gasteiger partial charge in [-0.2, -0.15) is 0 Å². The lowest BCUT2D eigenvalue weighted by Crippen LogP contribution is -1.99. The van der Waals surface area contributed by atoms with Crippen LogP contribution in [0.2, 0.25) is 0 Å². The molecule has 14 heavy (non-hydrogen) atoms. The van der Waals surface area contributed by atoms with E-state index in [0.717, 1.165) is 6.42 Å². The minimum absolute atomic E-state index is 0.601. The van der Waals surface area contributed by atoms with Gasteiger partial charge in [0, 0.05) is 17.9 Å². The molecule has 0 fully saturated rings. The molecule has 0 aromatic carbocycles. The van der Waals surface area contributed by atoms with Crippen molar-refractivity contribution in [3.8, 4) is 0 Å². The van der Waals surface area contributed by atoms with E-state index in [0.29, 0.717) is 5.92 Å². The molecule has 0 bridgehead atoms.